The predicted molar refractivity (Wildman–Crippen MR) is 125 cm³/mol. The van der Waals surface area contributed by atoms with Crippen LogP contribution in [0.5, 0.6) is 0 Å². The predicted octanol–water partition coefficient (Wildman–Crippen LogP) is 5.46. The second-order valence-electron chi connectivity index (χ2n) is 7.46. The van der Waals surface area contributed by atoms with Gasteiger partial charge in [0, 0.05) is 18.8 Å². The fourth-order valence-corrected chi connectivity index (χ4v) is 3.42. The molecule has 2 aromatic carbocycles. The van der Waals surface area contributed by atoms with E-state index < -0.39 is 5.92 Å². The van der Waals surface area contributed by atoms with E-state index in [9.17, 15) is 9.59 Å². The summed E-state index contributed by atoms with van der Waals surface area (Å²) < 4.78 is 0. The summed E-state index contributed by atoms with van der Waals surface area (Å²) in [6.45, 7) is 7.13. The Morgan fingerprint density at radius 2 is 1.57 bits per heavy atom. The lowest BCUT2D eigenvalue weighted by molar-refractivity contribution is -0.131. The number of para-hydroxylation sites is 1. The van der Waals surface area contributed by atoms with E-state index >= 15 is 0 Å². The first-order valence-corrected chi connectivity index (χ1v) is 11.0. The third-order valence-electron chi connectivity index (χ3n) is 5.17. The summed E-state index contributed by atoms with van der Waals surface area (Å²) in [6, 6.07) is 19.4. The van der Waals surface area contributed by atoms with Gasteiger partial charge in [0.2, 0.25) is 11.8 Å². The molecule has 0 aliphatic carbocycles. The first kappa shape index (κ1) is 23.4. The SMILES string of the molecule is CCCCCCNC(=O)C(/C=C(\C)c1ccccc1)C(=O)N(CC)c1ccccc1. The van der Waals surface area contributed by atoms with Gasteiger partial charge in [-0.2, -0.15) is 0 Å². The van der Waals surface area contributed by atoms with Gasteiger partial charge in [-0.3, -0.25) is 9.59 Å². The average Bonchev–Trinajstić information content (AvgIpc) is 2.78. The van der Waals surface area contributed by atoms with Gasteiger partial charge in [-0.05, 0) is 43.5 Å². The van der Waals surface area contributed by atoms with Crippen molar-refractivity contribution in [1.29, 1.82) is 0 Å². The van der Waals surface area contributed by atoms with Crippen molar-refractivity contribution in [2.75, 3.05) is 18.0 Å². The normalized spacial score (nSPS) is 12.3. The molecule has 2 amide bonds. The van der Waals surface area contributed by atoms with Crippen LogP contribution in [0.3, 0.4) is 0 Å². The number of nitrogens with one attached hydrogen (secondary N) is 1. The van der Waals surface area contributed by atoms with Crippen molar-refractivity contribution in [2.24, 2.45) is 5.92 Å². The Morgan fingerprint density at radius 3 is 2.17 bits per heavy atom. The third-order valence-corrected chi connectivity index (χ3v) is 5.17. The van der Waals surface area contributed by atoms with Gasteiger partial charge < -0.3 is 10.2 Å². The van der Waals surface area contributed by atoms with E-state index in [4.69, 9.17) is 0 Å². The quantitative estimate of drug-likeness (QED) is 0.398. The van der Waals surface area contributed by atoms with Crippen LogP contribution >= 0.6 is 0 Å². The molecule has 4 heteroatoms. The first-order chi connectivity index (χ1) is 14.6. The molecule has 160 valence electrons. The largest absolute Gasteiger partial charge is 0.355 e. The Hall–Kier alpha value is -2.88. The van der Waals surface area contributed by atoms with Crippen LogP contribution in [0.4, 0.5) is 5.69 Å². The van der Waals surface area contributed by atoms with Gasteiger partial charge >= 0.3 is 0 Å². The number of rotatable bonds is 11. The third kappa shape index (κ3) is 6.87. The summed E-state index contributed by atoms with van der Waals surface area (Å²) >= 11 is 0. The summed E-state index contributed by atoms with van der Waals surface area (Å²) in [5, 5.41) is 2.98. The summed E-state index contributed by atoms with van der Waals surface area (Å²) in [5.74, 6) is -1.30. The highest BCUT2D eigenvalue weighted by Gasteiger charge is 2.29. The number of anilines is 1. The maximum absolute atomic E-state index is 13.4. The first-order valence-electron chi connectivity index (χ1n) is 11.0. The maximum atomic E-state index is 13.4. The molecular weight excluding hydrogens is 372 g/mol. The van der Waals surface area contributed by atoms with Gasteiger partial charge in [0.05, 0.1) is 0 Å². The van der Waals surface area contributed by atoms with E-state index in [1.807, 2.05) is 74.5 Å². The minimum atomic E-state index is -0.864. The number of unbranched alkanes of at least 4 members (excludes halogenated alkanes) is 3. The molecule has 0 fully saturated rings. The van der Waals surface area contributed by atoms with Crippen LogP contribution in [0.2, 0.25) is 0 Å². The number of hydrogen-bond donors (Lipinski definition) is 1. The van der Waals surface area contributed by atoms with Crippen LogP contribution in [0.1, 0.15) is 52.0 Å². The lowest BCUT2D eigenvalue weighted by atomic mass is 9.98. The number of carbonyl (C=O) groups excluding carboxylic acids is 2. The van der Waals surface area contributed by atoms with Crippen molar-refractivity contribution in [1.82, 2.24) is 5.32 Å². The Labute approximate surface area is 181 Å². The fraction of sp³-hybridized carbons (Fsp3) is 0.385. The molecule has 0 radical (unpaired) electrons. The van der Waals surface area contributed by atoms with Crippen molar-refractivity contribution in [2.45, 2.75) is 46.5 Å². The highest BCUT2D eigenvalue weighted by atomic mass is 16.2. The highest BCUT2D eigenvalue weighted by Crippen LogP contribution is 2.21. The Balaban J connectivity index is 2.25. The molecule has 2 aromatic rings. The fourth-order valence-electron chi connectivity index (χ4n) is 3.42. The average molecular weight is 407 g/mol. The van der Waals surface area contributed by atoms with Crippen molar-refractivity contribution in [3.63, 3.8) is 0 Å². The molecule has 0 heterocycles. The van der Waals surface area contributed by atoms with E-state index in [0.29, 0.717) is 13.1 Å². The summed E-state index contributed by atoms with van der Waals surface area (Å²) in [6.07, 6.45) is 6.11. The zero-order valence-electron chi connectivity index (χ0n) is 18.4. The molecule has 0 bridgehead atoms. The summed E-state index contributed by atoms with van der Waals surface area (Å²) in [4.78, 5) is 28.1. The van der Waals surface area contributed by atoms with E-state index in [0.717, 1.165) is 42.5 Å². The molecule has 30 heavy (non-hydrogen) atoms. The molecule has 1 unspecified atom stereocenters. The van der Waals surface area contributed by atoms with Gasteiger partial charge in [-0.15, -0.1) is 0 Å². The summed E-state index contributed by atoms with van der Waals surface area (Å²) in [7, 11) is 0. The molecule has 0 spiro atoms. The van der Waals surface area contributed by atoms with E-state index in [1.165, 1.54) is 0 Å². The van der Waals surface area contributed by atoms with Crippen LogP contribution in [-0.2, 0) is 9.59 Å². The Morgan fingerprint density at radius 1 is 0.933 bits per heavy atom. The number of nitrogens with zero attached hydrogens (tertiary/aromatic N) is 1. The highest BCUT2D eigenvalue weighted by molar-refractivity contribution is 6.10. The maximum Gasteiger partial charge on any atom is 0.243 e. The second-order valence-corrected chi connectivity index (χ2v) is 7.46. The molecule has 0 saturated heterocycles. The minimum absolute atomic E-state index is 0.204. The lowest BCUT2D eigenvalue weighted by Crippen LogP contribution is -2.43. The van der Waals surface area contributed by atoms with Crippen molar-refractivity contribution in [3.8, 4) is 0 Å². The molecule has 0 aliphatic heterocycles. The molecule has 0 saturated carbocycles. The van der Waals surface area contributed by atoms with Crippen LogP contribution in [0, 0.1) is 5.92 Å². The monoisotopic (exact) mass is 406 g/mol. The molecular formula is C26H34N2O2. The second kappa shape index (κ2) is 12.6. The minimum Gasteiger partial charge on any atom is -0.355 e. The van der Waals surface area contributed by atoms with Crippen LogP contribution < -0.4 is 10.2 Å². The number of hydrogen-bond acceptors (Lipinski definition) is 2. The van der Waals surface area contributed by atoms with Crippen LogP contribution in [-0.4, -0.2) is 24.9 Å². The van der Waals surface area contributed by atoms with Crippen molar-refractivity contribution < 1.29 is 9.59 Å². The Bertz CT molecular complexity index is 815. The number of carbonyl (C=O) groups is 2. The van der Waals surface area contributed by atoms with E-state index in [-0.39, 0.29) is 11.8 Å². The number of amides is 2. The molecule has 0 aliphatic rings. The molecule has 2 rings (SSSR count). The number of allylic oxidation sites excluding steroid dienone is 1. The van der Waals surface area contributed by atoms with Gasteiger partial charge in [-0.1, -0.05) is 80.8 Å². The van der Waals surface area contributed by atoms with Crippen molar-refractivity contribution in [3.05, 3.63) is 72.3 Å². The van der Waals surface area contributed by atoms with E-state index in [2.05, 4.69) is 12.2 Å². The smallest absolute Gasteiger partial charge is 0.243 e. The topological polar surface area (TPSA) is 49.4 Å². The standard InChI is InChI=1S/C26H34N2O2/c1-4-6-7-14-19-27-25(29)24(20-21(3)22-15-10-8-11-16-22)26(30)28(5-2)23-17-12-9-13-18-23/h8-13,15-18,20,24H,4-7,14,19H2,1-3H3,(H,27,29)/b21-20+. The van der Waals surface area contributed by atoms with Gasteiger partial charge in [0.15, 0.2) is 0 Å². The summed E-state index contributed by atoms with van der Waals surface area (Å²) in [5.41, 5.74) is 2.73. The molecule has 4 nitrogen and oxygen atoms in total. The van der Waals surface area contributed by atoms with Gasteiger partial charge in [0.25, 0.3) is 0 Å². The molecule has 0 aromatic heterocycles. The van der Waals surface area contributed by atoms with Gasteiger partial charge in [-0.25, -0.2) is 0 Å². The van der Waals surface area contributed by atoms with Crippen molar-refractivity contribution >= 4 is 23.1 Å². The molecule has 1 N–H and O–H groups in total. The van der Waals surface area contributed by atoms with Crippen LogP contribution in [0.15, 0.2) is 66.7 Å². The van der Waals surface area contributed by atoms with E-state index in [1.54, 1.807) is 11.0 Å². The Kier molecular flexibility index (Phi) is 9.85. The van der Waals surface area contributed by atoms with Crippen LogP contribution in [0.25, 0.3) is 5.57 Å². The lowest BCUT2D eigenvalue weighted by Gasteiger charge is -2.25. The number of benzene rings is 2. The zero-order chi connectivity index (χ0) is 21.8. The molecule has 1 atom stereocenters. The zero-order valence-corrected chi connectivity index (χ0v) is 18.4. The van der Waals surface area contributed by atoms with Gasteiger partial charge in [0.1, 0.15) is 5.92 Å².